The van der Waals surface area contributed by atoms with Gasteiger partial charge in [-0.2, -0.15) is 0 Å². The zero-order chi connectivity index (χ0) is 14.4. The van der Waals surface area contributed by atoms with E-state index in [0.29, 0.717) is 11.4 Å². The van der Waals surface area contributed by atoms with Gasteiger partial charge in [0.25, 0.3) is 0 Å². The third kappa shape index (κ3) is 3.55. The molecule has 1 heterocycles. The van der Waals surface area contributed by atoms with E-state index in [-0.39, 0.29) is 0 Å². The van der Waals surface area contributed by atoms with Gasteiger partial charge in [0.2, 0.25) is 0 Å². The number of methoxy groups -OCH3 is 2. The summed E-state index contributed by atoms with van der Waals surface area (Å²) in [7, 11) is 3.31. The Balaban J connectivity index is 1.96. The molecule has 1 aliphatic heterocycles. The van der Waals surface area contributed by atoms with E-state index in [1.165, 1.54) is 0 Å². The van der Waals surface area contributed by atoms with E-state index in [2.05, 4.69) is 4.90 Å². The fourth-order valence-electron chi connectivity index (χ4n) is 2.55. The van der Waals surface area contributed by atoms with Crippen molar-refractivity contribution < 1.29 is 14.2 Å². The summed E-state index contributed by atoms with van der Waals surface area (Å²) in [6.45, 7) is 4.77. The van der Waals surface area contributed by atoms with E-state index in [1.54, 1.807) is 14.2 Å². The number of anilines is 1. The predicted molar refractivity (Wildman–Crippen MR) is 79.5 cm³/mol. The Morgan fingerprint density at radius 3 is 2.45 bits per heavy atom. The molecule has 0 bridgehead atoms. The second kappa shape index (κ2) is 7.36. The number of hydrogen-bond donors (Lipinski definition) is 1. The molecule has 0 unspecified atom stereocenters. The molecule has 1 saturated heterocycles. The van der Waals surface area contributed by atoms with Crippen molar-refractivity contribution in [1.29, 1.82) is 0 Å². The monoisotopic (exact) mass is 280 g/mol. The van der Waals surface area contributed by atoms with E-state index in [9.17, 15) is 0 Å². The van der Waals surface area contributed by atoms with Gasteiger partial charge in [-0.3, -0.25) is 4.90 Å². The summed E-state index contributed by atoms with van der Waals surface area (Å²) in [4.78, 5) is 2.42. The quantitative estimate of drug-likeness (QED) is 0.801. The lowest BCUT2D eigenvalue weighted by atomic mass is 10.1. The van der Waals surface area contributed by atoms with Crippen LogP contribution in [0.2, 0.25) is 0 Å². The minimum absolute atomic E-state index is 0.689. The summed E-state index contributed by atoms with van der Waals surface area (Å²) in [5, 5.41) is 0. The van der Waals surface area contributed by atoms with Gasteiger partial charge in [0.05, 0.1) is 33.1 Å². The van der Waals surface area contributed by atoms with Crippen LogP contribution in [0.4, 0.5) is 5.69 Å². The first-order chi connectivity index (χ1) is 9.76. The molecular weight excluding hydrogens is 256 g/mol. The maximum atomic E-state index is 6.15. The Morgan fingerprint density at radius 1 is 1.15 bits per heavy atom. The molecule has 20 heavy (non-hydrogen) atoms. The molecule has 0 saturated carbocycles. The van der Waals surface area contributed by atoms with Crippen molar-refractivity contribution in [2.75, 3.05) is 52.8 Å². The first kappa shape index (κ1) is 14.9. The van der Waals surface area contributed by atoms with Gasteiger partial charge in [-0.15, -0.1) is 0 Å². The number of rotatable bonds is 6. The molecule has 0 aliphatic carbocycles. The third-order valence-corrected chi connectivity index (χ3v) is 3.72. The number of nitrogen functional groups attached to an aromatic ring is 1. The van der Waals surface area contributed by atoms with Crippen LogP contribution in [0.3, 0.4) is 0 Å². The van der Waals surface area contributed by atoms with Crippen LogP contribution in [0.5, 0.6) is 11.5 Å². The second-order valence-corrected chi connectivity index (χ2v) is 4.92. The van der Waals surface area contributed by atoms with Gasteiger partial charge < -0.3 is 19.9 Å². The molecule has 1 aliphatic rings. The van der Waals surface area contributed by atoms with Crippen LogP contribution < -0.4 is 15.2 Å². The molecular formula is C15H24N2O3. The Bertz CT molecular complexity index is 431. The highest BCUT2D eigenvalue weighted by molar-refractivity contribution is 5.63. The summed E-state index contributed by atoms with van der Waals surface area (Å²) < 4.78 is 16.0. The maximum Gasteiger partial charge on any atom is 0.142 e. The Morgan fingerprint density at radius 2 is 1.80 bits per heavy atom. The molecule has 5 nitrogen and oxygen atoms in total. The summed E-state index contributed by atoms with van der Waals surface area (Å²) in [6, 6.07) is 3.76. The number of hydrogen-bond acceptors (Lipinski definition) is 5. The van der Waals surface area contributed by atoms with Gasteiger partial charge in [-0.25, -0.2) is 0 Å². The molecule has 2 rings (SSSR count). The minimum Gasteiger partial charge on any atom is -0.496 e. The number of nitrogens with zero attached hydrogens (tertiary/aromatic N) is 1. The lowest BCUT2D eigenvalue weighted by Gasteiger charge is -2.26. The normalized spacial score (nSPS) is 16.1. The third-order valence-electron chi connectivity index (χ3n) is 3.72. The van der Waals surface area contributed by atoms with E-state index in [1.807, 2.05) is 12.1 Å². The smallest absolute Gasteiger partial charge is 0.142 e. The SMILES string of the molecule is COc1ccc(OC)c(CCCN2CCOCC2)c1N. The zero-order valence-electron chi connectivity index (χ0n) is 12.4. The highest BCUT2D eigenvalue weighted by Crippen LogP contribution is 2.33. The first-order valence-electron chi connectivity index (χ1n) is 7.05. The number of benzene rings is 1. The topological polar surface area (TPSA) is 57.0 Å². The number of ether oxygens (including phenoxy) is 3. The van der Waals surface area contributed by atoms with E-state index < -0.39 is 0 Å². The van der Waals surface area contributed by atoms with Gasteiger partial charge in [0.1, 0.15) is 11.5 Å². The molecule has 5 heteroatoms. The average Bonchev–Trinajstić information content (AvgIpc) is 2.50. The van der Waals surface area contributed by atoms with E-state index in [0.717, 1.165) is 57.0 Å². The van der Waals surface area contributed by atoms with Crippen LogP contribution in [-0.4, -0.2) is 52.0 Å². The van der Waals surface area contributed by atoms with Crippen molar-refractivity contribution in [1.82, 2.24) is 4.90 Å². The Kier molecular flexibility index (Phi) is 5.49. The maximum absolute atomic E-state index is 6.15. The molecule has 1 fully saturated rings. The predicted octanol–water partition coefficient (Wildman–Crippen LogP) is 1.55. The molecule has 0 aromatic heterocycles. The molecule has 112 valence electrons. The summed E-state index contributed by atoms with van der Waals surface area (Å²) in [6.07, 6.45) is 1.94. The highest BCUT2D eigenvalue weighted by Gasteiger charge is 2.14. The lowest BCUT2D eigenvalue weighted by molar-refractivity contribution is 0.0374. The number of morpholine rings is 1. The summed E-state index contributed by atoms with van der Waals surface area (Å²) >= 11 is 0. The summed E-state index contributed by atoms with van der Waals surface area (Å²) in [5.41, 5.74) is 7.88. The average molecular weight is 280 g/mol. The van der Waals surface area contributed by atoms with Crippen molar-refractivity contribution in [3.05, 3.63) is 17.7 Å². The molecule has 2 N–H and O–H groups in total. The zero-order valence-corrected chi connectivity index (χ0v) is 12.4. The molecule has 0 spiro atoms. The van der Waals surface area contributed by atoms with Crippen molar-refractivity contribution in [2.24, 2.45) is 0 Å². The highest BCUT2D eigenvalue weighted by atomic mass is 16.5. The Hall–Kier alpha value is -1.46. The fraction of sp³-hybridized carbons (Fsp3) is 0.600. The van der Waals surface area contributed by atoms with Crippen LogP contribution >= 0.6 is 0 Å². The van der Waals surface area contributed by atoms with Crippen LogP contribution in [0.25, 0.3) is 0 Å². The van der Waals surface area contributed by atoms with Crippen molar-refractivity contribution in [2.45, 2.75) is 12.8 Å². The molecule has 0 atom stereocenters. The van der Waals surface area contributed by atoms with Crippen molar-refractivity contribution in [3.63, 3.8) is 0 Å². The summed E-state index contributed by atoms with van der Waals surface area (Å²) in [5.74, 6) is 1.55. The van der Waals surface area contributed by atoms with E-state index >= 15 is 0 Å². The Labute approximate surface area is 120 Å². The second-order valence-electron chi connectivity index (χ2n) is 4.92. The van der Waals surface area contributed by atoms with Crippen LogP contribution in [-0.2, 0) is 11.2 Å². The molecule has 0 radical (unpaired) electrons. The molecule has 1 aromatic rings. The first-order valence-corrected chi connectivity index (χ1v) is 7.05. The van der Waals surface area contributed by atoms with Gasteiger partial charge in [-0.05, 0) is 31.5 Å². The fourth-order valence-corrected chi connectivity index (χ4v) is 2.55. The van der Waals surface area contributed by atoms with Crippen LogP contribution in [0.1, 0.15) is 12.0 Å². The van der Waals surface area contributed by atoms with Crippen molar-refractivity contribution in [3.8, 4) is 11.5 Å². The van der Waals surface area contributed by atoms with Gasteiger partial charge in [0, 0.05) is 18.7 Å². The van der Waals surface area contributed by atoms with Crippen LogP contribution in [0.15, 0.2) is 12.1 Å². The lowest BCUT2D eigenvalue weighted by Crippen LogP contribution is -2.36. The largest absolute Gasteiger partial charge is 0.496 e. The van der Waals surface area contributed by atoms with E-state index in [4.69, 9.17) is 19.9 Å². The molecule has 0 amide bonds. The number of nitrogens with two attached hydrogens (primary N) is 1. The van der Waals surface area contributed by atoms with Gasteiger partial charge >= 0.3 is 0 Å². The minimum atomic E-state index is 0.689. The van der Waals surface area contributed by atoms with Gasteiger partial charge in [0.15, 0.2) is 0 Å². The van der Waals surface area contributed by atoms with Gasteiger partial charge in [-0.1, -0.05) is 0 Å². The molecule has 1 aromatic carbocycles. The van der Waals surface area contributed by atoms with Crippen LogP contribution in [0, 0.1) is 0 Å². The standard InChI is InChI=1S/C15H24N2O3/c1-18-13-5-6-14(19-2)15(16)12(13)4-3-7-17-8-10-20-11-9-17/h5-6H,3-4,7-11,16H2,1-2H3. The van der Waals surface area contributed by atoms with Crippen molar-refractivity contribution >= 4 is 5.69 Å².